The number of carbonyl (C=O) groups excluding carboxylic acids is 1. The second-order valence-electron chi connectivity index (χ2n) is 9.46. The molecule has 1 aliphatic heterocycles. The van der Waals surface area contributed by atoms with Gasteiger partial charge in [-0.2, -0.15) is 5.10 Å². The van der Waals surface area contributed by atoms with Crippen LogP contribution in [0.25, 0.3) is 5.52 Å². The van der Waals surface area contributed by atoms with Crippen LogP contribution in [-0.2, 0) is 4.79 Å². The topological polar surface area (TPSA) is 96.2 Å². The number of ether oxygens (including phenoxy) is 1. The number of hydrogen-bond acceptors (Lipinski definition) is 5. The highest BCUT2D eigenvalue weighted by Gasteiger charge is 2.33. The third-order valence-corrected chi connectivity index (χ3v) is 7.37. The molecule has 2 fully saturated rings. The molecule has 1 aliphatic carbocycles. The minimum atomic E-state index is -0.812. The van der Waals surface area contributed by atoms with Gasteiger partial charge in [-0.25, -0.2) is 13.3 Å². The van der Waals surface area contributed by atoms with Gasteiger partial charge in [0.25, 0.3) is 5.91 Å². The van der Waals surface area contributed by atoms with Crippen LogP contribution in [0.3, 0.4) is 0 Å². The Morgan fingerprint density at radius 2 is 1.92 bits per heavy atom. The van der Waals surface area contributed by atoms with E-state index in [-0.39, 0.29) is 34.9 Å². The number of amides is 1. The van der Waals surface area contributed by atoms with Crippen LogP contribution < -0.4 is 15.0 Å². The number of anilines is 1. The summed E-state index contributed by atoms with van der Waals surface area (Å²) >= 11 is 0. The van der Waals surface area contributed by atoms with Gasteiger partial charge in [-0.1, -0.05) is 0 Å². The summed E-state index contributed by atoms with van der Waals surface area (Å²) in [5.41, 5.74) is 1.15. The Balaban J connectivity index is 1.43. The molecule has 2 N–H and O–H groups in total. The number of carboxylic acid groups (broad SMARTS) is 1. The Hall–Kier alpha value is -3.69. The van der Waals surface area contributed by atoms with Gasteiger partial charge in [-0.05, 0) is 62.8 Å². The average Bonchev–Trinajstić information content (AvgIpc) is 3.52. The van der Waals surface area contributed by atoms with Gasteiger partial charge in [0.15, 0.2) is 5.82 Å². The van der Waals surface area contributed by atoms with Crippen LogP contribution in [0.1, 0.15) is 60.5 Å². The van der Waals surface area contributed by atoms with Gasteiger partial charge in [-0.15, -0.1) is 0 Å². The molecule has 190 valence electrons. The van der Waals surface area contributed by atoms with Gasteiger partial charge in [0.05, 0.1) is 36.5 Å². The minimum absolute atomic E-state index is 0.0704. The number of carbonyl (C=O) groups is 2. The van der Waals surface area contributed by atoms with Crippen molar-refractivity contribution in [2.75, 3.05) is 18.6 Å². The standard InChI is InChI=1S/C26H28F2N4O4/c1-36-22-9-6-16(27)13-18(22)20-3-2-11-31(20)21-10-12-32-24(23(21)28)19(14-29-32)25(33)30-17-7-4-15(5-8-17)26(34)35/h6,9-10,12-15,17,20H,2-5,7-8,11H2,1H3,(H,30,33)(H,34,35)/t15?,17?,20-/m1/s1. The van der Waals surface area contributed by atoms with Gasteiger partial charge in [0.2, 0.25) is 0 Å². The minimum Gasteiger partial charge on any atom is -0.496 e. The normalized spacial score (nSPS) is 22.1. The summed E-state index contributed by atoms with van der Waals surface area (Å²) in [7, 11) is 1.52. The molecular formula is C26H28F2N4O4. The van der Waals surface area contributed by atoms with Gasteiger partial charge in [0.1, 0.15) is 17.1 Å². The predicted molar refractivity (Wildman–Crippen MR) is 128 cm³/mol. The molecule has 1 aromatic carbocycles. The van der Waals surface area contributed by atoms with E-state index in [4.69, 9.17) is 4.74 Å². The number of methoxy groups -OCH3 is 1. The van der Waals surface area contributed by atoms with Crippen molar-refractivity contribution in [3.8, 4) is 5.75 Å². The second-order valence-corrected chi connectivity index (χ2v) is 9.46. The summed E-state index contributed by atoms with van der Waals surface area (Å²) < 4.78 is 36.8. The van der Waals surface area contributed by atoms with E-state index in [0.29, 0.717) is 55.6 Å². The molecule has 0 radical (unpaired) electrons. The summed E-state index contributed by atoms with van der Waals surface area (Å²) in [6.45, 7) is 0.569. The van der Waals surface area contributed by atoms with Crippen LogP contribution >= 0.6 is 0 Å². The number of nitrogens with zero attached hydrogens (tertiary/aromatic N) is 3. The first-order valence-electron chi connectivity index (χ1n) is 12.2. The predicted octanol–water partition coefficient (Wildman–Crippen LogP) is 4.34. The SMILES string of the molecule is COc1ccc(F)cc1[C@H]1CCCN1c1ccn2ncc(C(=O)NC3CCC(C(=O)O)CC3)c2c1F. The molecule has 10 heteroatoms. The molecule has 36 heavy (non-hydrogen) atoms. The van der Waals surface area contributed by atoms with Crippen molar-refractivity contribution in [1.82, 2.24) is 14.9 Å². The van der Waals surface area contributed by atoms with Crippen LogP contribution in [0, 0.1) is 17.6 Å². The molecule has 1 saturated carbocycles. The summed E-state index contributed by atoms with van der Waals surface area (Å²) in [5, 5.41) is 16.3. The highest BCUT2D eigenvalue weighted by Crippen LogP contribution is 2.41. The lowest BCUT2D eigenvalue weighted by Crippen LogP contribution is -2.38. The van der Waals surface area contributed by atoms with Crippen molar-refractivity contribution in [3.05, 3.63) is 59.4 Å². The van der Waals surface area contributed by atoms with Crippen molar-refractivity contribution in [2.24, 2.45) is 5.92 Å². The first kappa shape index (κ1) is 24.0. The molecule has 0 bridgehead atoms. The molecule has 1 amide bonds. The van der Waals surface area contributed by atoms with E-state index in [9.17, 15) is 19.1 Å². The van der Waals surface area contributed by atoms with Crippen molar-refractivity contribution < 1.29 is 28.2 Å². The number of aliphatic carboxylic acids is 1. The number of halogens is 2. The molecule has 3 aromatic rings. The van der Waals surface area contributed by atoms with E-state index in [1.807, 2.05) is 4.90 Å². The lowest BCUT2D eigenvalue weighted by Gasteiger charge is -2.29. The van der Waals surface area contributed by atoms with Crippen LogP contribution in [-0.4, -0.2) is 46.3 Å². The quantitative estimate of drug-likeness (QED) is 0.525. The van der Waals surface area contributed by atoms with Crippen molar-refractivity contribution in [1.29, 1.82) is 0 Å². The fourth-order valence-corrected chi connectivity index (χ4v) is 5.51. The zero-order chi connectivity index (χ0) is 25.4. The maximum absolute atomic E-state index is 16.0. The molecule has 5 rings (SSSR count). The van der Waals surface area contributed by atoms with Crippen molar-refractivity contribution in [2.45, 2.75) is 50.6 Å². The van der Waals surface area contributed by atoms with E-state index in [1.54, 1.807) is 18.3 Å². The fraction of sp³-hybridized carbons (Fsp3) is 0.423. The summed E-state index contributed by atoms with van der Waals surface area (Å²) in [6, 6.07) is 5.50. The summed E-state index contributed by atoms with van der Waals surface area (Å²) in [5.74, 6) is -2.06. The van der Waals surface area contributed by atoms with E-state index >= 15 is 4.39 Å². The summed E-state index contributed by atoms with van der Waals surface area (Å²) in [6.07, 6.45) is 6.55. The Kier molecular flexibility index (Phi) is 6.51. The van der Waals surface area contributed by atoms with E-state index in [1.165, 1.54) is 30.0 Å². The van der Waals surface area contributed by atoms with Crippen molar-refractivity contribution >= 4 is 23.1 Å². The number of fused-ring (bicyclic) bond motifs is 1. The molecule has 2 aromatic heterocycles. The van der Waals surface area contributed by atoms with Crippen molar-refractivity contribution in [3.63, 3.8) is 0 Å². The maximum atomic E-state index is 16.0. The average molecular weight is 499 g/mol. The first-order chi connectivity index (χ1) is 17.4. The lowest BCUT2D eigenvalue weighted by molar-refractivity contribution is -0.142. The van der Waals surface area contributed by atoms with Gasteiger partial charge >= 0.3 is 5.97 Å². The fourth-order valence-electron chi connectivity index (χ4n) is 5.51. The van der Waals surface area contributed by atoms with Crippen LogP contribution in [0.15, 0.2) is 36.7 Å². The largest absolute Gasteiger partial charge is 0.496 e. The smallest absolute Gasteiger partial charge is 0.306 e. The van der Waals surface area contributed by atoms with Crippen LogP contribution in [0.5, 0.6) is 5.75 Å². The highest BCUT2D eigenvalue weighted by molar-refractivity contribution is 6.01. The first-order valence-corrected chi connectivity index (χ1v) is 12.2. The number of aromatic nitrogens is 2. The van der Waals surface area contributed by atoms with Gasteiger partial charge in [0, 0.05) is 24.3 Å². The molecule has 1 atom stereocenters. The van der Waals surface area contributed by atoms with Gasteiger partial charge in [-0.3, -0.25) is 9.59 Å². The molecule has 2 aliphatic rings. The Labute approximate surface area is 206 Å². The Morgan fingerprint density at radius 3 is 2.64 bits per heavy atom. The number of hydrogen-bond donors (Lipinski definition) is 2. The van der Waals surface area contributed by atoms with E-state index < -0.39 is 17.7 Å². The van der Waals surface area contributed by atoms with E-state index in [0.717, 1.165) is 6.42 Å². The molecule has 3 heterocycles. The highest BCUT2D eigenvalue weighted by atomic mass is 19.1. The molecular weight excluding hydrogens is 470 g/mol. The number of rotatable bonds is 6. The summed E-state index contributed by atoms with van der Waals surface area (Å²) in [4.78, 5) is 26.2. The third kappa shape index (κ3) is 4.36. The van der Waals surface area contributed by atoms with E-state index in [2.05, 4.69) is 10.4 Å². The number of benzene rings is 1. The number of carboxylic acids is 1. The monoisotopic (exact) mass is 498 g/mol. The van der Waals surface area contributed by atoms with Crippen LogP contribution in [0.2, 0.25) is 0 Å². The zero-order valence-electron chi connectivity index (χ0n) is 19.9. The number of pyridine rings is 1. The molecule has 0 spiro atoms. The molecule has 0 unspecified atom stereocenters. The Morgan fingerprint density at radius 1 is 1.14 bits per heavy atom. The lowest BCUT2D eigenvalue weighted by atomic mass is 9.86. The molecule has 8 nitrogen and oxygen atoms in total. The zero-order valence-corrected chi connectivity index (χ0v) is 19.9. The maximum Gasteiger partial charge on any atom is 0.306 e. The van der Waals surface area contributed by atoms with Gasteiger partial charge < -0.3 is 20.1 Å². The number of nitrogens with one attached hydrogen (secondary N) is 1. The second kappa shape index (κ2) is 9.75. The van der Waals surface area contributed by atoms with Crippen LogP contribution in [0.4, 0.5) is 14.5 Å². The Bertz CT molecular complexity index is 1300. The third-order valence-electron chi connectivity index (χ3n) is 7.37. The molecule has 1 saturated heterocycles.